The summed E-state index contributed by atoms with van der Waals surface area (Å²) in [5.41, 5.74) is 4.13. The smallest absolute Gasteiger partial charge is 0.134 e. The van der Waals surface area contributed by atoms with Crippen LogP contribution in [0.15, 0.2) is 41.0 Å². The monoisotopic (exact) mass is 282 g/mol. The summed E-state index contributed by atoms with van der Waals surface area (Å²) in [5, 5.41) is 7.71. The van der Waals surface area contributed by atoms with E-state index in [1.54, 1.807) is 6.26 Å². The second-order valence-corrected chi connectivity index (χ2v) is 6.00. The van der Waals surface area contributed by atoms with E-state index in [0.717, 1.165) is 25.1 Å². The molecule has 21 heavy (non-hydrogen) atoms. The van der Waals surface area contributed by atoms with Crippen molar-refractivity contribution in [2.45, 2.75) is 26.2 Å². The number of fused-ring (bicyclic) bond motifs is 1. The van der Waals surface area contributed by atoms with Gasteiger partial charge in [-0.25, -0.2) is 0 Å². The van der Waals surface area contributed by atoms with Crippen molar-refractivity contribution < 1.29 is 4.42 Å². The van der Waals surface area contributed by atoms with Gasteiger partial charge in [-0.2, -0.15) is 0 Å². The topological polar surface area (TPSA) is 40.2 Å². The molecule has 1 N–H and O–H groups in total. The Labute approximate surface area is 126 Å². The van der Waals surface area contributed by atoms with Crippen LogP contribution in [0.3, 0.4) is 0 Å². The van der Waals surface area contributed by atoms with E-state index < -0.39 is 0 Å². The Kier molecular flexibility index (Phi) is 3.82. The van der Waals surface area contributed by atoms with E-state index in [4.69, 9.17) is 9.83 Å². The van der Waals surface area contributed by atoms with Crippen LogP contribution in [-0.4, -0.2) is 24.3 Å². The molecule has 1 aromatic carbocycles. The third-order valence-corrected chi connectivity index (χ3v) is 4.48. The van der Waals surface area contributed by atoms with Crippen LogP contribution < -0.4 is 0 Å². The third kappa shape index (κ3) is 2.87. The molecule has 3 heteroatoms. The first kappa shape index (κ1) is 13.9. The van der Waals surface area contributed by atoms with Crippen molar-refractivity contribution in [3.8, 4) is 11.3 Å². The van der Waals surface area contributed by atoms with Gasteiger partial charge in [0.15, 0.2) is 0 Å². The zero-order valence-electron chi connectivity index (χ0n) is 12.7. The van der Waals surface area contributed by atoms with E-state index in [1.807, 2.05) is 31.0 Å². The molecule has 3 nitrogen and oxygen atoms in total. The van der Waals surface area contributed by atoms with Crippen molar-refractivity contribution in [2.75, 3.05) is 13.6 Å². The Morgan fingerprint density at radius 2 is 2.19 bits per heavy atom. The lowest BCUT2D eigenvalue weighted by Crippen LogP contribution is -2.32. The van der Waals surface area contributed by atoms with Crippen LogP contribution in [0.1, 0.15) is 24.5 Å². The van der Waals surface area contributed by atoms with Crippen LogP contribution in [0.5, 0.6) is 0 Å². The number of benzene rings is 1. The summed E-state index contributed by atoms with van der Waals surface area (Å²) in [4.78, 5) is 2.05. The van der Waals surface area contributed by atoms with Crippen LogP contribution in [-0.2, 0) is 12.8 Å². The lowest BCUT2D eigenvalue weighted by molar-refractivity contribution is 0.348. The van der Waals surface area contributed by atoms with Gasteiger partial charge in [0.25, 0.3) is 0 Å². The number of rotatable bonds is 3. The number of nitrogens with zero attached hydrogens (tertiary/aromatic N) is 1. The van der Waals surface area contributed by atoms with E-state index >= 15 is 0 Å². The highest BCUT2D eigenvalue weighted by molar-refractivity contribution is 5.75. The fourth-order valence-electron chi connectivity index (χ4n) is 3.23. The van der Waals surface area contributed by atoms with Crippen LogP contribution in [0.4, 0.5) is 0 Å². The fraction of sp³-hybridized carbons (Fsp3) is 0.389. The van der Waals surface area contributed by atoms with E-state index in [9.17, 15) is 0 Å². The molecule has 1 heterocycles. The van der Waals surface area contributed by atoms with Gasteiger partial charge in [-0.05, 0) is 55.4 Å². The van der Waals surface area contributed by atoms with E-state index in [-0.39, 0.29) is 0 Å². The van der Waals surface area contributed by atoms with Gasteiger partial charge in [-0.3, -0.25) is 5.41 Å². The minimum absolute atomic E-state index is 0.634. The Morgan fingerprint density at radius 3 is 2.90 bits per heavy atom. The van der Waals surface area contributed by atoms with Crippen LogP contribution in [0.2, 0.25) is 0 Å². The Morgan fingerprint density at radius 1 is 1.33 bits per heavy atom. The molecule has 1 aliphatic rings. The summed E-state index contributed by atoms with van der Waals surface area (Å²) >= 11 is 0. The fourth-order valence-corrected chi connectivity index (χ4v) is 3.23. The molecular weight excluding hydrogens is 260 g/mol. The molecule has 1 atom stereocenters. The Balaban J connectivity index is 1.81. The second-order valence-electron chi connectivity index (χ2n) is 6.00. The minimum atomic E-state index is 0.634. The van der Waals surface area contributed by atoms with E-state index in [1.165, 1.54) is 23.1 Å². The number of hydrogen-bond donors (Lipinski definition) is 1. The lowest BCUT2D eigenvalue weighted by Gasteiger charge is -2.30. The van der Waals surface area contributed by atoms with Crippen LogP contribution >= 0.6 is 0 Å². The van der Waals surface area contributed by atoms with Crippen molar-refractivity contribution in [1.82, 2.24) is 4.90 Å². The molecule has 0 radical (unpaired) electrons. The molecule has 1 unspecified atom stereocenters. The van der Waals surface area contributed by atoms with Gasteiger partial charge in [0.2, 0.25) is 0 Å². The molecule has 0 bridgehead atoms. The van der Waals surface area contributed by atoms with Gasteiger partial charge in [-0.15, -0.1) is 0 Å². The van der Waals surface area contributed by atoms with Crippen molar-refractivity contribution in [2.24, 2.45) is 5.92 Å². The summed E-state index contributed by atoms with van der Waals surface area (Å²) in [6, 6.07) is 10.5. The number of nitrogens with one attached hydrogen (secondary N) is 1. The first-order valence-corrected chi connectivity index (χ1v) is 7.56. The van der Waals surface area contributed by atoms with Crippen LogP contribution in [0.25, 0.3) is 11.3 Å². The van der Waals surface area contributed by atoms with Gasteiger partial charge in [0.05, 0.1) is 12.1 Å². The first-order chi connectivity index (χ1) is 10.1. The normalized spacial score (nSPS) is 17.3. The molecule has 2 aromatic rings. The highest BCUT2D eigenvalue weighted by Crippen LogP contribution is 2.33. The molecule has 0 spiro atoms. The molecule has 0 amide bonds. The van der Waals surface area contributed by atoms with E-state index in [2.05, 4.69) is 18.2 Å². The zero-order valence-corrected chi connectivity index (χ0v) is 12.7. The molecule has 0 aliphatic heterocycles. The predicted molar refractivity (Wildman–Crippen MR) is 85.7 cm³/mol. The largest absolute Gasteiger partial charge is 0.464 e. The van der Waals surface area contributed by atoms with E-state index in [0.29, 0.717) is 11.8 Å². The lowest BCUT2D eigenvalue weighted by atomic mass is 9.81. The third-order valence-electron chi connectivity index (χ3n) is 4.48. The Bertz CT molecular complexity index is 631. The van der Waals surface area contributed by atoms with Crippen molar-refractivity contribution >= 4 is 5.84 Å². The molecule has 110 valence electrons. The first-order valence-electron chi connectivity index (χ1n) is 7.56. The molecule has 0 fully saturated rings. The maximum Gasteiger partial charge on any atom is 0.134 e. The molecule has 0 saturated heterocycles. The molecular formula is C18H22N2O. The highest BCUT2D eigenvalue weighted by atomic mass is 16.3. The Hall–Kier alpha value is -2.03. The standard InChI is InChI=1S/C18H22N2O/c1-13(19)20(2)12-14-8-9-16-15(11-14)5-3-6-17(16)18-7-4-10-21-18/h3-7,10,14,19H,8-9,11-12H2,1-2H3. The average Bonchev–Trinajstić information content (AvgIpc) is 3.00. The molecule has 0 saturated carbocycles. The van der Waals surface area contributed by atoms with Crippen LogP contribution in [0, 0.1) is 11.3 Å². The summed E-state index contributed by atoms with van der Waals surface area (Å²) in [6.45, 7) is 2.82. The number of furan rings is 1. The summed E-state index contributed by atoms with van der Waals surface area (Å²) in [7, 11) is 2.01. The number of amidine groups is 1. The van der Waals surface area contributed by atoms with Crippen molar-refractivity contribution in [3.63, 3.8) is 0 Å². The SMILES string of the molecule is CC(=N)N(C)CC1CCc2c(cccc2-c2ccco2)C1. The highest BCUT2D eigenvalue weighted by Gasteiger charge is 2.22. The van der Waals surface area contributed by atoms with Crippen molar-refractivity contribution in [1.29, 1.82) is 5.41 Å². The maximum absolute atomic E-state index is 7.71. The van der Waals surface area contributed by atoms with Gasteiger partial charge < -0.3 is 9.32 Å². The van der Waals surface area contributed by atoms with Gasteiger partial charge in [0.1, 0.15) is 5.76 Å². The van der Waals surface area contributed by atoms with Crippen molar-refractivity contribution in [3.05, 3.63) is 47.7 Å². The molecule has 1 aromatic heterocycles. The van der Waals surface area contributed by atoms with Gasteiger partial charge in [-0.1, -0.05) is 18.2 Å². The second kappa shape index (κ2) is 5.76. The minimum Gasteiger partial charge on any atom is -0.464 e. The predicted octanol–water partition coefficient (Wildman–Crippen LogP) is 3.98. The van der Waals surface area contributed by atoms with Gasteiger partial charge >= 0.3 is 0 Å². The summed E-state index contributed by atoms with van der Waals surface area (Å²) in [5.74, 6) is 2.25. The molecule has 1 aliphatic carbocycles. The van der Waals surface area contributed by atoms with Gasteiger partial charge in [0, 0.05) is 19.2 Å². The summed E-state index contributed by atoms with van der Waals surface area (Å²) < 4.78 is 5.57. The number of hydrogen-bond acceptors (Lipinski definition) is 2. The maximum atomic E-state index is 7.71. The quantitative estimate of drug-likeness (QED) is 0.683. The zero-order chi connectivity index (χ0) is 14.8. The average molecular weight is 282 g/mol. The summed E-state index contributed by atoms with van der Waals surface area (Å²) in [6.07, 6.45) is 5.12. The molecule has 3 rings (SSSR count).